The molecule has 0 aromatic heterocycles. The Balaban J connectivity index is 2.95. The van der Waals surface area contributed by atoms with Gasteiger partial charge in [0.2, 0.25) is 0 Å². The molecule has 82 valence electrons. The molecule has 0 aliphatic carbocycles. The van der Waals surface area contributed by atoms with E-state index in [0.717, 1.165) is 0 Å². The number of urea groups is 1. The molecule has 1 heterocycles. The van der Waals surface area contributed by atoms with Crippen LogP contribution in [-0.4, -0.2) is 42.0 Å². The predicted molar refractivity (Wildman–Crippen MR) is 58.2 cm³/mol. The minimum Gasteiger partial charge on any atom is -0.322 e. The standard InChI is InChI=1S/C11H22N2O/c1-7(2)9-10(8(3)4)13(6)11(14)12(9)5/h7-10H,1-6H3/t9-,10-/m0/s1. The van der Waals surface area contributed by atoms with E-state index in [2.05, 4.69) is 27.7 Å². The van der Waals surface area contributed by atoms with Crippen LogP contribution in [-0.2, 0) is 0 Å². The molecule has 0 unspecified atom stereocenters. The van der Waals surface area contributed by atoms with Crippen molar-refractivity contribution in [3.63, 3.8) is 0 Å². The minimum atomic E-state index is 0.155. The van der Waals surface area contributed by atoms with Crippen molar-refractivity contribution in [3.8, 4) is 0 Å². The highest BCUT2D eigenvalue weighted by molar-refractivity contribution is 5.77. The van der Waals surface area contributed by atoms with E-state index in [9.17, 15) is 4.79 Å². The molecule has 1 rings (SSSR count). The number of carbonyl (C=O) groups excluding carboxylic acids is 1. The second-order valence-electron chi connectivity index (χ2n) is 4.97. The van der Waals surface area contributed by atoms with Crippen LogP contribution < -0.4 is 0 Å². The highest BCUT2D eigenvalue weighted by Crippen LogP contribution is 2.29. The maximum atomic E-state index is 11.8. The van der Waals surface area contributed by atoms with Crippen LogP contribution in [0.25, 0.3) is 0 Å². The fraction of sp³-hybridized carbons (Fsp3) is 0.909. The zero-order valence-electron chi connectivity index (χ0n) is 10.1. The summed E-state index contributed by atoms with van der Waals surface area (Å²) in [5.41, 5.74) is 0. The highest BCUT2D eigenvalue weighted by atomic mass is 16.2. The topological polar surface area (TPSA) is 23.6 Å². The van der Waals surface area contributed by atoms with Gasteiger partial charge in [-0.15, -0.1) is 0 Å². The van der Waals surface area contributed by atoms with Crippen LogP contribution in [0.5, 0.6) is 0 Å². The molecule has 0 radical (unpaired) electrons. The van der Waals surface area contributed by atoms with Crippen LogP contribution >= 0.6 is 0 Å². The number of likely N-dealkylation sites (N-methyl/N-ethyl adjacent to an activating group) is 2. The monoisotopic (exact) mass is 198 g/mol. The van der Waals surface area contributed by atoms with Gasteiger partial charge < -0.3 is 9.80 Å². The molecule has 0 N–H and O–H groups in total. The van der Waals surface area contributed by atoms with Crippen molar-refractivity contribution in [2.24, 2.45) is 11.8 Å². The SMILES string of the molecule is CC(C)[C@H]1[C@H](C(C)C)N(C)C(=O)N1C. The number of rotatable bonds is 2. The van der Waals surface area contributed by atoms with Gasteiger partial charge >= 0.3 is 6.03 Å². The summed E-state index contributed by atoms with van der Waals surface area (Å²) in [4.78, 5) is 15.6. The van der Waals surface area contributed by atoms with Gasteiger partial charge in [-0.1, -0.05) is 27.7 Å². The molecule has 0 spiro atoms. The first-order chi connectivity index (χ1) is 6.37. The Morgan fingerprint density at radius 2 is 1.21 bits per heavy atom. The fourth-order valence-corrected chi connectivity index (χ4v) is 2.65. The second-order valence-corrected chi connectivity index (χ2v) is 4.97. The Morgan fingerprint density at radius 1 is 0.929 bits per heavy atom. The fourth-order valence-electron chi connectivity index (χ4n) is 2.65. The minimum absolute atomic E-state index is 0.155. The van der Waals surface area contributed by atoms with Crippen molar-refractivity contribution in [2.75, 3.05) is 14.1 Å². The molecule has 0 saturated carbocycles. The van der Waals surface area contributed by atoms with Crippen LogP contribution in [0, 0.1) is 11.8 Å². The van der Waals surface area contributed by atoms with E-state index in [4.69, 9.17) is 0 Å². The van der Waals surface area contributed by atoms with E-state index in [1.807, 2.05) is 23.9 Å². The molecule has 0 bridgehead atoms. The van der Waals surface area contributed by atoms with E-state index in [-0.39, 0.29) is 6.03 Å². The highest BCUT2D eigenvalue weighted by Gasteiger charge is 2.44. The summed E-state index contributed by atoms with van der Waals surface area (Å²) in [6.07, 6.45) is 0. The van der Waals surface area contributed by atoms with Crippen molar-refractivity contribution in [1.29, 1.82) is 0 Å². The van der Waals surface area contributed by atoms with Crippen LogP contribution in [0.4, 0.5) is 4.79 Å². The summed E-state index contributed by atoms with van der Waals surface area (Å²) < 4.78 is 0. The predicted octanol–water partition coefficient (Wildman–Crippen LogP) is 2.03. The van der Waals surface area contributed by atoms with Crippen LogP contribution in [0.2, 0.25) is 0 Å². The van der Waals surface area contributed by atoms with E-state index in [1.165, 1.54) is 0 Å². The Morgan fingerprint density at radius 3 is 1.43 bits per heavy atom. The summed E-state index contributed by atoms with van der Waals surface area (Å²) in [6, 6.07) is 0.863. The van der Waals surface area contributed by atoms with E-state index < -0.39 is 0 Å². The Kier molecular flexibility index (Phi) is 3.07. The Hall–Kier alpha value is -0.730. The Bertz CT molecular complexity index is 203. The number of nitrogens with zero attached hydrogens (tertiary/aromatic N) is 2. The van der Waals surface area contributed by atoms with Gasteiger partial charge in [0.15, 0.2) is 0 Å². The summed E-state index contributed by atoms with van der Waals surface area (Å²) in [7, 11) is 3.82. The number of hydrogen-bond donors (Lipinski definition) is 0. The zero-order valence-corrected chi connectivity index (χ0v) is 10.1. The van der Waals surface area contributed by atoms with Crippen LogP contribution in [0.1, 0.15) is 27.7 Å². The molecular weight excluding hydrogens is 176 g/mol. The molecule has 2 amide bonds. The van der Waals surface area contributed by atoms with Gasteiger partial charge in [-0.05, 0) is 11.8 Å². The summed E-state index contributed by atoms with van der Waals surface area (Å²) >= 11 is 0. The van der Waals surface area contributed by atoms with Gasteiger partial charge in [0.1, 0.15) is 0 Å². The average Bonchev–Trinajstić information content (AvgIpc) is 2.29. The zero-order chi connectivity index (χ0) is 11.0. The molecule has 14 heavy (non-hydrogen) atoms. The molecule has 2 atom stereocenters. The van der Waals surface area contributed by atoms with Crippen molar-refractivity contribution >= 4 is 6.03 Å². The first kappa shape index (κ1) is 11.3. The summed E-state index contributed by atoms with van der Waals surface area (Å²) in [6.45, 7) is 8.73. The number of carbonyl (C=O) groups is 1. The molecule has 0 aromatic rings. The van der Waals surface area contributed by atoms with E-state index >= 15 is 0 Å². The third-order valence-corrected chi connectivity index (χ3v) is 3.21. The first-order valence-corrected chi connectivity index (χ1v) is 5.37. The summed E-state index contributed by atoms with van der Waals surface area (Å²) in [5.74, 6) is 1.03. The molecule has 3 heteroatoms. The van der Waals surface area contributed by atoms with E-state index in [0.29, 0.717) is 23.9 Å². The third-order valence-electron chi connectivity index (χ3n) is 3.21. The maximum Gasteiger partial charge on any atom is 0.320 e. The molecule has 1 saturated heterocycles. The number of amides is 2. The van der Waals surface area contributed by atoms with Crippen LogP contribution in [0.3, 0.4) is 0 Å². The lowest BCUT2D eigenvalue weighted by Crippen LogP contribution is -2.42. The molecule has 1 aliphatic heterocycles. The molecule has 3 nitrogen and oxygen atoms in total. The summed E-state index contributed by atoms with van der Waals surface area (Å²) in [5, 5.41) is 0. The lowest BCUT2D eigenvalue weighted by Gasteiger charge is -2.31. The molecule has 0 aromatic carbocycles. The van der Waals surface area contributed by atoms with Gasteiger partial charge in [0, 0.05) is 14.1 Å². The lowest BCUT2D eigenvalue weighted by atomic mass is 9.89. The lowest BCUT2D eigenvalue weighted by molar-refractivity contribution is 0.196. The maximum absolute atomic E-state index is 11.8. The average molecular weight is 198 g/mol. The second kappa shape index (κ2) is 3.79. The van der Waals surface area contributed by atoms with Gasteiger partial charge in [-0.2, -0.15) is 0 Å². The number of hydrogen-bond acceptors (Lipinski definition) is 1. The molecule has 1 aliphatic rings. The van der Waals surface area contributed by atoms with Crippen molar-refractivity contribution in [1.82, 2.24) is 9.80 Å². The van der Waals surface area contributed by atoms with Gasteiger partial charge in [-0.25, -0.2) is 4.79 Å². The Labute approximate surface area is 87.1 Å². The normalized spacial score (nSPS) is 28.4. The first-order valence-electron chi connectivity index (χ1n) is 5.37. The third kappa shape index (κ3) is 1.60. The quantitative estimate of drug-likeness (QED) is 0.666. The smallest absolute Gasteiger partial charge is 0.320 e. The van der Waals surface area contributed by atoms with Gasteiger partial charge in [0.05, 0.1) is 12.1 Å². The molecular formula is C11H22N2O. The van der Waals surface area contributed by atoms with Gasteiger partial charge in [0.25, 0.3) is 0 Å². The van der Waals surface area contributed by atoms with Gasteiger partial charge in [-0.3, -0.25) is 0 Å². The van der Waals surface area contributed by atoms with Crippen molar-refractivity contribution in [2.45, 2.75) is 39.8 Å². The van der Waals surface area contributed by atoms with Crippen LogP contribution in [0.15, 0.2) is 0 Å². The van der Waals surface area contributed by atoms with Crippen molar-refractivity contribution in [3.05, 3.63) is 0 Å². The van der Waals surface area contributed by atoms with Crippen molar-refractivity contribution < 1.29 is 4.79 Å². The van der Waals surface area contributed by atoms with E-state index in [1.54, 1.807) is 0 Å². The largest absolute Gasteiger partial charge is 0.322 e. The molecule has 1 fully saturated rings.